The van der Waals surface area contributed by atoms with E-state index in [1.54, 1.807) is 0 Å². The molecule has 0 bridgehead atoms. The molecule has 1 rings (SSSR count). The van der Waals surface area contributed by atoms with Crippen LogP contribution in [0, 0.1) is 6.92 Å². The number of aryl methyl sites for hydroxylation is 1. The molecule has 0 aliphatic carbocycles. The first-order chi connectivity index (χ1) is 4.70. The molecule has 0 N–H and O–H groups in total. The Kier molecular flexibility index (Phi) is 4.62. The molecule has 0 aliphatic heterocycles. The molecule has 11 heavy (non-hydrogen) atoms. The van der Waals surface area contributed by atoms with Crippen LogP contribution in [0.5, 0.6) is 0 Å². The van der Waals surface area contributed by atoms with Crippen LogP contribution in [0.1, 0.15) is 30.9 Å². The second-order valence-electron chi connectivity index (χ2n) is 3.07. The maximum atomic E-state index is 2.21. The van der Waals surface area contributed by atoms with E-state index < -0.39 is 0 Å². The Balaban J connectivity index is 0.000001000. The van der Waals surface area contributed by atoms with Crippen LogP contribution in [0.25, 0.3) is 0 Å². The first-order valence-electron chi connectivity index (χ1n) is 3.76. The molecule has 0 saturated carbocycles. The van der Waals surface area contributed by atoms with Gasteiger partial charge in [0.15, 0.2) is 0 Å². The molecule has 0 spiro atoms. The first kappa shape index (κ1) is 10.9. The molecule has 0 aliphatic rings. The van der Waals surface area contributed by atoms with Crippen LogP contribution in [0.3, 0.4) is 0 Å². The van der Waals surface area contributed by atoms with Gasteiger partial charge in [0, 0.05) is 0 Å². The third-order valence-corrected chi connectivity index (χ3v) is 1.74. The second kappa shape index (κ2) is 4.68. The fraction of sp³-hybridized carbons (Fsp3) is 0.400. The summed E-state index contributed by atoms with van der Waals surface area (Å²) in [5, 5.41) is 0. The summed E-state index contributed by atoms with van der Waals surface area (Å²) in [6.45, 7) is 6.54. The van der Waals surface area contributed by atoms with Crippen LogP contribution < -0.4 is 0 Å². The molecule has 0 aromatic heterocycles. The molecule has 0 radical (unpaired) electrons. The van der Waals surface area contributed by atoms with Crippen molar-refractivity contribution in [3.63, 3.8) is 0 Å². The molecule has 0 amide bonds. The third-order valence-electron chi connectivity index (χ3n) is 1.74. The number of benzene rings is 1. The molecule has 0 saturated heterocycles. The summed E-state index contributed by atoms with van der Waals surface area (Å²) in [6, 6.07) is 8.71. The summed E-state index contributed by atoms with van der Waals surface area (Å²) in [6.07, 6.45) is 0. The summed E-state index contributed by atoms with van der Waals surface area (Å²) < 4.78 is 0. The summed E-state index contributed by atoms with van der Waals surface area (Å²) in [5.74, 6) is 0.653. The third kappa shape index (κ3) is 3.17. The zero-order valence-electron chi connectivity index (χ0n) is 7.29. The fourth-order valence-electron chi connectivity index (χ4n) is 0.951. The van der Waals surface area contributed by atoms with Gasteiger partial charge in [0.05, 0.1) is 0 Å². The monoisotopic (exact) mass is 328 g/mol. The van der Waals surface area contributed by atoms with Gasteiger partial charge in [-0.25, -0.2) is 0 Å². The average Bonchev–Trinajstić information content (AvgIpc) is 1.88. The summed E-state index contributed by atoms with van der Waals surface area (Å²) in [5.41, 5.74) is 2.76. The number of hydrogen-bond acceptors (Lipinski definition) is 0. The van der Waals surface area contributed by atoms with Gasteiger partial charge in [-0.15, -0.1) is 0 Å². The van der Waals surface area contributed by atoms with Gasteiger partial charge < -0.3 is 0 Å². The Morgan fingerprint density at radius 1 is 1.00 bits per heavy atom. The van der Waals surface area contributed by atoms with Gasteiger partial charge in [0.25, 0.3) is 0 Å². The van der Waals surface area contributed by atoms with Crippen molar-refractivity contribution in [2.45, 2.75) is 26.7 Å². The van der Waals surface area contributed by atoms with Crippen molar-refractivity contribution in [2.75, 3.05) is 0 Å². The number of hydrogen-bond donors (Lipinski definition) is 0. The van der Waals surface area contributed by atoms with Crippen LogP contribution in [0.4, 0.5) is 0 Å². The molecule has 0 nitrogen and oxygen atoms in total. The van der Waals surface area contributed by atoms with Crippen LogP contribution in [0.2, 0.25) is 0 Å². The van der Waals surface area contributed by atoms with E-state index in [0.717, 1.165) is 0 Å². The predicted octanol–water partition coefficient (Wildman–Crippen LogP) is 2.58. The maximum absolute atomic E-state index is 2.21. The summed E-state index contributed by atoms with van der Waals surface area (Å²) in [7, 11) is 0. The fourth-order valence-corrected chi connectivity index (χ4v) is 0.951. The van der Waals surface area contributed by atoms with Gasteiger partial charge in [-0.2, -0.15) is 0 Å². The summed E-state index contributed by atoms with van der Waals surface area (Å²) in [4.78, 5) is 0. The quantitative estimate of drug-likeness (QED) is 0.744. The molecule has 0 atom stereocenters. The van der Waals surface area contributed by atoms with Crippen LogP contribution in [-0.2, 0) is 19.8 Å². The van der Waals surface area contributed by atoms with Gasteiger partial charge in [0.2, 0.25) is 0 Å². The molecule has 64 valence electrons. The molecule has 1 heteroatoms. The Labute approximate surface area is 82.1 Å². The van der Waals surface area contributed by atoms with Crippen LogP contribution in [0.15, 0.2) is 24.3 Å². The predicted molar refractivity (Wildman–Crippen MR) is 48.1 cm³/mol. The van der Waals surface area contributed by atoms with Gasteiger partial charge in [0.1, 0.15) is 0 Å². The Bertz CT molecular complexity index is 199. The normalized spacial score (nSPS) is 9.45. The van der Waals surface area contributed by atoms with E-state index in [2.05, 4.69) is 45.0 Å². The minimum atomic E-state index is 0. The summed E-state index contributed by atoms with van der Waals surface area (Å²) >= 11 is 0. The zero-order valence-corrected chi connectivity index (χ0v) is 10.2. The van der Waals surface area contributed by atoms with E-state index in [1.165, 1.54) is 11.1 Å². The Morgan fingerprint density at radius 2 is 1.45 bits per heavy atom. The van der Waals surface area contributed by atoms with Crippen molar-refractivity contribution in [3.8, 4) is 0 Å². The molecular formula is C10H16Os. The zero-order chi connectivity index (χ0) is 7.56. The Morgan fingerprint density at radius 3 is 1.82 bits per heavy atom. The molecule has 0 unspecified atom stereocenters. The van der Waals surface area contributed by atoms with E-state index in [9.17, 15) is 0 Å². The van der Waals surface area contributed by atoms with Crippen LogP contribution >= 0.6 is 0 Å². The SMILES string of the molecule is Cc1ccc(C(C)C)cc1.[OsH2]. The van der Waals surface area contributed by atoms with E-state index in [0.29, 0.717) is 5.92 Å². The molecule has 0 fully saturated rings. The van der Waals surface area contributed by atoms with Crippen LogP contribution in [-0.4, -0.2) is 0 Å². The first-order valence-corrected chi connectivity index (χ1v) is 3.76. The topological polar surface area (TPSA) is 0 Å². The average molecular weight is 326 g/mol. The number of rotatable bonds is 1. The van der Waals surface area contributed by atoms with Crippen molar-refractivity contribution < 1.29 is 19.8 Å². The van der Waals surface area contributed by atoms with E-state index in [1.807, 2.05) is 0 Å². The minimum absolute atomic E-state index is 0. The van der Waals surface area contributed by atoms with Gasteiger partial charge in [-0.1, -0.05) is 43.7 Å². The van der Waals surface area contributed by atoms with Crippen molar-refractivity contribution in [3.05, 3.63) is 35.4 Å². The molecule has 0 heterocycles. The van der Waals surface area contributed by atoms with E-state index in [-0.39, 0.29) is 19.8 Å². The molecule has 1 aromatic rings. The van der Waals surface area contributed by atoms with Crippen molar-refractivity contribution in [2.24, 2.45) is 0 Å². The Hall–Kier alpha value is -0.144. The van der Waals surface area contributed by atoms with Crippen molar-refractivity contribution >= 4 is 0 Å². The van der Waals surface area contributed by atoms with E-state index >= 15 is 0 Å². The second-order valence-corrected chi connectivity index (χ2v) is 3.07. The van der Waals surface area contributed by atoms with Gasteiger partial charge in [-0.3, -0.25) is 0 Å². The van der Waals surface area contributed by atoms with E-state index in [4.69, 9.17) is 0 Å². The molecule has 1 aromatic carbocycles. The standard InChI is InChI=1S/C10H14.Os.2H/c1-8(2)10-6-4-9(3)5-7-10;;;/h4-8H,1-3H3;;;. The van der Waals surface area contributed by atoms with Crippen molar-refractivity contribution in [1.82, 2.24) is 0 Å². The van der Waals surface area contributed by atoms with Gasteiger partial charge in [-0.05, 0) is 18.4 Å². The molecular weight excluding hydrogens is 310 g/mol. The van der Waals surface area contributed by atoms with Gasteiger partial charge >= 0.3 is 19.8 Å². The van der Waals surface area contributed by atoms with Crippen molar-refractivity contribution in [1.29, 1.82) is 0 Å².